The fourth-order valence-electron chi connectivity index (χ4n) is 0.425. The third kappa shape index (κ3) is 1.68. The van der Waals surface area contributed by atoms with Gasteiger partial charge in [-0.1, -0.05) is 0 Å². The summed E-state index contributed by atoms with van der Waals surface area (Å²) in [5, 5.41) is 8.42. The quantitative estimate of drug-likeness (QED) is 0.764. The average molecular weight is 254 g/mol. The van der Waals surface area contributed by atoms with E-state index in [-0.39, 0.29) is 14.5 Å². The molecule has 1 heterocycles. The second kappa shape index (κ2) is 2.69. The summed E-state index contributed by atoms with van der Waals surface area (Å²) in [6, 6.07) is 1.64. The van der Waals surface area contributed by atoms with E-state index in [0.717, 1.165) is 4.47 Å². The van der Waals surface area contributed by atoms with Crippen LogP contribution in [0.15, 0.2) is 15.5 Å². The third-order valence-electron chi connectivity index (χ3n) is 0.778. The number of hydrogen-bond acceptors (Lipinski definition) is 1. The summed E-state index contributed by atoms with van der Waals surface area (Å²) in [7, 11) is 0. The Morgan fingerprint density at radius 1 is 1.78 bits per heavy atom. The van der Waals surface area contributed by atoms with E-state index in [1.807, 2.05) is 4.94 Å². The van der Waals surface area contributed by atoms with Crippen LogP contribution in [0, 0.1) is 0 Å². The Labute approximate surface area is 66.4 Å². The molecule has 0 bridgehead atoms. The molecule has 0 saturated heterocycles. The van der Waals surface area contributed by atoms with Gasteiger partial charge in [-0.05, 0) is 0 Å². The summed E-state index contributed by atoms with van der Waals surface area (Å²) < 4.78 is 1.40. The molecule has 0 aliphatic carbocycles. The van der Waals surface area contributed by atoms with Gasteiger partial charge < -0.3 is 0 Å². The van der Waals surface area contributed by atoms with Gasteiger partial charge in [0, 0.05) is 0 Å². The van der Waals surface area contributed by atoms with E-state index in [1.54, 1.807) is 6.07 Å². The second-order valence-corrected chi connectivity index (χ2v) is 4.26. The summed E-state index contributed by atoms with van der Waals surface area (Å²) >= 11 is 3.22. The molecule has 9 heavy (non-hydrogen) atoms. The van der Waals surface area contributed by atoms with Crippen LogP contribution in [0.4, 0.5) is 0 Å². The molecular formula is C5H3BrO2Se. The molecule has 1 N–H and O–H groups in total. The van der Waals surface area contributed by atoms with Crippen molar-refractivity contribution in [1.29, 1.82) is 0 Å². The minimum absolute atomic E-state index is 0.0324. The second-order valence-electron chi connectivity index (χ2n) is 1.43. The number of halogens is 1. The van der Waals surface area contributed by atoms with Crippen molar-refractivity contribution in [2.24, 2.45) is 0 Å². The van der Waals surface area contributed by atoms with Crippen molar-refractivity contribution in [1.82, 2.24) is 0 Å². The zero-order chi connectivity index (χ0) is 6.85. The van der Waals surface area contributed by atoms with Gasteiger partial charge in [0.25, 0.3) is 0 Å². The first-order chi connectivity index (χ1) is 4.20. The number of rotatable bonds is 1. The van der Waals surface area contributed by atoms with E-state index < -0.39 is 5.97 Å². The van der Waals surface area contributed by atoms with E-state index in [1.165, 1.54) is 0 Å². The van der Waals surface area contributed by atoms with E-state index in [0.29, 0.717) is 4.44 Å². The minimum atomic E-state index is -0.805. The summed E-state index contributed by atoms with van der Waals surface area (Å²) in [5.74, 6) is -0.805. The Bertz CT molecular complexity index is 231. The van der Waals surface area contributed by atoms with E-state index in [9.17, 15) is 4.79 Å². The normalized spacial score (nSPS) is 9.44. The number of aromatic carboxylic acids is 1. The maximum atomic E-state index is 10.2. The molecule has 0 spiro atoms. The predicted molar refractivity (Wildman–Crippen MR) is 38.0 cm³/mol. The van der Waals surface area contributed by atoms with Crippen molar-refractivity contribution >= 4 is 36.4 Å². The van der Waals surface area contributed by atoms with Gasteiger partial charge >= 0.3 is 66.2 Å². The van der Waals surface area contributed by atoms with Gasteiger partial charge in [-0.25, -0.2) is 0 Å². The van der Waals surface area contributed by atoms with Crippen LogP contribution in [-0.2, 0) is 0 Å². The molecule has 0 aliphatic rings. The van der Waals surface area contributed by atoms with Crippen LogP contribution < -0.4 is 0 Å². The number of carboxylic acids is 1. The Kier molecular flexibility index (Phi) is 2.11. The summed E-state index contributed by atoms with van der Waals surface area (Å²) in [4.78, 5) is 12.1. The molecular weight excluding hydrogens is 251 g/mol. The molecule has 1 rings (SSSR count). The Morgan fingerprint density at radius 2 is 2.44 bits per heavy atom. The van der Waals surface area contributed by atoms with Crippen LogP contribution in [-0.4, -0.2) is 25.6 Å². The molecule has 0 atom stereocenters. The average Bonchev–Trinajstić information content (AvgIpc) is 2.14. The predicted octanol–water partition coefficient (Wildman–Crippen LogP) is 1.20. The zero-order valence-electron chi connectivity index (χ0n) is 4.30. The standard InChI is InChI=1S/C5H3BrO2Se/c6-3-1-4(5(7)8)9-2-3/h1-2H,(H,7,8). The zero-order valence-corrected chi connectivity index (χ0v) is 7.60. The molecule has 0 unspecified atom stereocenters. The first-order valence-corrected chi connectivity index (χ1v) is 4.81. The van der Waals surface area contributed by atoms with Gasteiger partial charge in [0.15, 0.2) is 0 Å². The fourth-order valence-corrected chi connectivity index (χ4v) is 2.75. The van der Waals surface area contributed by atoms with Crippen LogP contribution in [0.1, 0.15) is 9.23 Å². The summed E-state index contributed by atoms with van der Waals surface area (Å²) in [5.41, 5.74) is 0. The molecule has 4 heteroatoms. The van der Waals surface area contributed by atoms with Gasteiger partial charge in [-0.2, -0.15) is 0 Å². The monoisotopic (exact) mass is 254 g/mol. The number of carboxylic acid groups (broad SMARTS) is 1. The van der Waals surface area contributed by atoms with Crippen molar-refractivity contribution < 1.29 is 9.90 Å². The van der Waals surface area contributed by atoms with E-state index in [2.05, 4.69) is 15.9 Å². The number of hydrogen-bond donors (Lipinski definition) is 1. The van der Waals surface area contributed by atoms with Crippen molar-refractivity contribution in [3.63, 3.8) is 0 Å². The Morgan fingerprint density at radius 3 is 2.67 bits per heavy atom. The van der Waals surface area contributed by atoms with Crippen molar-refractivity contribution in [3.8, 4) is 0 Å². The number of carbonyl (C=O) groups is 1. The molecule has 2 nitrogen and oxygen atoms in total. The molecule has 1 aromatic rings. The van der Waals surface area contributed by atoms with Crippen LogP contribution in [0.25, 0.3) is 0 Å². The van der Waals surface area contributed by atoms with Crippen LogP contribution >= 0.6 is 15.9 Å². The van der Waals surface area contributed by atoms with Crippen LogP contribution in [0.3, 0.4) is 0 Å². The summed E-state index contributed by atoms with van der Waals surface area (Å²) in [6.45, 7) is 0. The van der Waals surface area contributed by atoms with Crippen LogP contribution in [0.5, 0.6) is 0 Å². The first kappa shape index (κ1) is 7.06. The van der Waals surface area contributed by atoms with Gasteiger partial charge in [0.2, 0.25) is 0 Å². The molecule has 0 fully saturated rings. The third-order valence-corrected chi connectivity index (χ3v) is 3.84. The molecule has 1 aromatic heterocycles. The maximum absolute atomic E-state index is 10.2. The SMILES string of the molecule is O=C(O)c1cc(Br)c[se]1. The van der Waals surface area contributed by atoms with Crippen molar-refractivity contribution in [2.75, 3.05) is 0 Å². The van der Waals surface area contributed by atoms with E-state index in [4.69, 9.17) is 5.11 Å². The molecule has 48 valence electrons. The molecule has 0 radical (unpaired) electrons. The Balaban J connectivity index is 2.98. The molecule has 0 saturated carbocycles. The molecule has 0 amide bonds. The summed E-state index contributed by atoms with van der Waals surface area (Å²) in [6.07, 6.45) is 0. The molecule has 0 aliphatic heterocycles. The van der Waals surface area contributed by atoms with Gasteiger partial charge in [-0.3, -0.25) is 0 Å². The topological polar surface area (TPSA) is 37.3 Å². The van der Waals surface area contributed by atoms with E-state index >= 15 is 0 Å². The van der Waals surface area contributed by atoms with Gasteiger partial charge in [0.1, 0.15) is 0 Å². The van der Waals surface area contributed by atoms with Crippen molar-refractivity contribution in [3.05, 3.63) is 19.9 Å². The van der Waals surface area contributed by atoms with Crippen LogP contribution in [0.2, 0.25) is 0 Å². The first-order valence-electron chi connectivity index (χ1n) is 2.17. The molecule has 0 aromatic carbocycles. The Hall–Kier alpha value is -0.0505. The van der Waals surface area contributed by atoms with Gasteiger partial charge in [-0.15, -0.1) is 0 Å². The van der Waals surface area contributed by atoms with Gasteiger partial charge in [0.05, 0.1) is 0 Å². The fraction of sp³-hybridized carbons (Fsp3) is 0. The van der Waals surface area contributed by atoms with Crippen molar-refractivity contribution in [2.45, 2.75) is 0 Å².